The summed E-state index contributed by atoms with van der Waals surface area (Å²) < 4.78 is 10.8. The smallest absolute Gasteiger partial charge is 0.353 e. The lowest BCUT2D eigenvalue weighted by Gasteiger charge is -2.35. The first-order chi connectivity index (χ1) is 16.2. The summed E-state index contributed by atoms with van der Waals surface area (Å²) in [5, 5.41) is 15.0. The summed E-state index contributed by atoms with van der Waals surface area (Å²) in [7, 11) is 0. The standard InChI is InChI=1S/C23H24N6O4/c30-29(31)21-22(24-13-17-4-2-1-3-5-17)25-15-26-23(21)28-10-8-27(9-11-28)14-18-6-7-19-20(12-18)33-16-32-19/h1-7,12,15H,8-11,13-14,16H2,(H,24,25,26). The van der Waals surface area contributed by atoms with E-state index in [1.54, 1.807) is 0 Å². The lowest BCUT2D eigenvalue weighted by atomic mass is 10.1. The van der Waals surface area contributed by atoms with Crippen LogP contribution in [0.3, 0.4) is 0 Å². The van der Waals surface area contributed by atoms with Gasteiger partial charge in [-0.3, -0.25) is 15.0 Å². The molecule has 0 bridgehead atoms. The molecule has 1 fully saturated rings. The fourth-order valence-electron chi connectivity index (χ4n) is 4.10. The average molecular weight is 448 g/mol. The highest BCUT2D eigenvalue weighted by Gasteiger charge is 2.29. The number of piperazine rings is 1. The number of fused-ring (bicyclic) bond motifs is 1. The number of nitrogens with zero attached hydrogens (tertiary/aromatic N) is 5. The second-order valence-electron chi connectivity index (χ2n) is 7.94. The first kappa shape index (κ1) is 21.0. The van der Waals surface area contributed by atoms with E-state index in [0.29, 0.717) is 25.5 Å². The van der Waals surface area contributed by atoms with Crippen molar-refractivity contribution in [2.45, 2.75) is 13.1 Å². The number of hydrogen-bond donors (Lipinski definition) is 1. The third-order valence-corrected chi connectivity index (χ3v) is 5.80. The molecule has 3 heterocycles. The monoisotopic (exact) mass is 448 g/mol. The van der Waals surface area contributed by atoms with Crippen molar-refractivity contribution in [1.82, 2.24) is 14.9 Å². The Balaban J connectivity index is 1.25. The highest BCUT2D eigenvalue weighted by Crippen LogP contribution is 2.34. The summed E-state index contributed by atoms with van der Waals surface area (Å²) in [6.45, 7) is 4.30. The van der Waals surface area contributed by atoms with Gasteiger partial charge >= 0.3 is 5.69 Å². The number of aromatic nitrogens is 2. The van der Waals surface area contributed by atoms with Crippen LogP contribution in [-0.4, -0.2) is 52.8 Å². The molecule has 1 saturated heterocycles. The summed E-state index contributed by atoms with van der Waals surface area (Å²) in [5.41, 5.74) is 2.08. The predicted octanol–water partition coefficient (Wildman–Crippen LogP) is 3.05. The van der Waals surface area contributed by atoms with Crippen LogP contribution in [0.2, 0.25) is 0 Å². The molecule has 1 N–H and O–H groups in total. The topological polar surface area (TPSA) is 106 Å². The summed E-state index contributed by atoms with van der Waals surface area (Å²) in [5.74, 6) is 2.14. The van der Waals surface area contributed by atoms with Gasteiger partial charge in [0.25, 0.3) is 0 Å². The minimum absolute atomic E-state index is 0.0855. The van der Waals surface area contributed by atoms with Crippen molar-refractivity contribution < 1.29 is 14.4 Å². The maximum absolute atomic E-state index is 11.9. The van der Waals surface area contributed by atoms with Gasteiger partial charge in [-0.25, -0.2) is 9.97 Å². The van der Waals surface area contributed by atoms with Crippen molar-refractivity contribution in [3.63, 3.8) is 0 Å². The molecule has 10 nitrogen and oxygen atoms in total. The Morgan fingerprint density at radius 3 is 2.55 bits per heavy atom. The van der Waals surface area contributed by atoms with Crippen LogP contribution >= 0.6 is 0 Å². The van der Waals surface area contributed by atoms with Crippen molar-refractivity contribution in [2.24, 2.45) is 0 Å². The van der Waals surface area contributed by atoms with Gasteiger partial charge in [-0.05, 0) is 23.3 Å². The van der Waals surface area contributed by atoms with Gasteiger partial charge in [0, 0.05) is 39.3 Å². The van der Waals surface area contributed by atoms with Gasteiger partial charge in [-0.15, -0.1) is 0 Å². The number of hydrogen-bond acceptors (Lipinski definition) is 9. The zero-order chi connectivity index (χ0) is 22.6. The van der Waals surface area contributed by atoms with Gasteiger partial charge in [0.2, 0.25) is 18.4 Å². The van der Waals surface area contributed by atoms with Crippen LogP contribution in [0.15, 0.2) is 54.9 Å². The van der Waals surface area contributed by atoms with E-state index < -0.39 is 4.92 Å². The van der Waals surface area contributed by atoms with Crippen LogP contribution in [0.1, 0.15) is 11.1 Å². The van der Waals surface area contributed by atoms with Crippen molar-refractivity contribution in [1.29, 1.82) is 0 Å². The largest absolute Gasteiger partial charge is 0.454 e. The van der Waals surface area contributed by atoms with Gasteiger partial charge in [-0.1, -0.05) is 36.4 Å². The predicted molar refractivity (Wildman–Crippen MR) is 123 cm³/mol. The van der Waals surface area contributed by atoms with E-state index >= 15 is 0 Å². The molecule has 0 saturated carbocycles. The van der Waals surface area contributed by atoms with Crippen molar-refractivity contribution >= 4 is 17.3 Å². The molecular formula is C23H24N6O4. The number of nitrogens with one attached hydrogen (secondary N) is 1. The summed E-state index contributed by atoms with van der Waals surface area (Å²) >= 11 is 0. The lowest BCUT2D eigenvalue weighted by Crippen LogP contribution is -2.46. The summed E-state index contributed by atoms with van der Waals surface area (Å²) in [4.78, 5) is 24.2. The number of nitro groups is 1. The molecule has 0 spiro atoms. The minimum atomic E-state index is -0.401. The molecule has 3 aromatic rings. The highest BCUT2D eigenvalue weighted by molar-refractivity contribution is 5.70. The number of benzene rings is 2. The van der Waals surface area contributed by atoms with Crippen molar-refractivity contribution in [2.75, 3.05) is 43.2 Å². The van der Waals surface area contributed by atoms with Gasteiger partial charge in [0.05, 0.1) is 4.92 Å². The molecule has 1 aromatic heterocycles. The second kappa shape index (κ2) is 9.29. The molecule has 0 atom stereocenters. The van der Waals surface area contributed by atoms with Gasteiger partial charge in [0.15, 0.2) is 11.5 Å². The zero-order valence-electron chi connectivity index (χ0n) is 18.0. The summed E-state index contributed by atoms with van der Waals surface area (Å²) in [6.07, 6.45) is 1.38. The maximum Gasteiger partial charge on any atom is 0.353 e. The van der Waals surface area contributed by atoms with Crippen molar-refractivity contribution in [3.05, 3.63) is 76.1 Å². The van der Waals surface area contributed by atoms with E-state index in [9.17, 15) is 10.1 Å². The normalized spacial score (nSPS) is 15.5. The Bertz CT molecular complexity index is 1140. The average Bonchev–Trinajstić information content (AvgIpc) is 3.31. The SMILES string of the molecule is O=[N+]([O-])c1c(NCc2ccccc2)ncnc1N1CCN(Cc2ccc3c(c2)OCO3)CC1. The fourth-order valence-corrected chi connectivity index (χ4v) is 4.10. The second-order valence-corrected chi connectivity index (χ2v) is 7.94. The van der Waals surface area contributed by atoms with Gasteiger partial charge < -0.3 is 19.7 Å². The molecule has 0 amide bonds. The number of rotatable bonds is 7. The fraction of sp³-hybridized carbons (Fsp3) is 0.304. The number of ether oxygens (including phenoxy) is 2. The van der Waals surface area contributed by atoms with E-state index in [1.807, 2.05) is 53.4 Å². The Morgan fingerprint density at radius 2 is 1.76 bits per heavy atom. The van der Waals surface area contributed by atoms with Crippen LogP contribution in [0.5, 0.6) is 11.5 Å². The summed E-state index contributed by atoms with van der Waals surface area (Å²) in [6, 6.07) is 15.7. The first-order valence-electron chi connectivity index (χ1n) is 10.8. The molecule has 10 heteroatoms. The van der Waals surface area contributed by atoms with Crippen LogP contribution in [0.25, 0.3) is 0 Å². The van der Waals surface area contributed by atoms with E-state index in [1.165, 1.54) is 6.33 Å². The zero-order valence-corrected chi connectivity index (χ0v) is 18.0. The van der Waals surface area contributed by atoms with Crippen molar-refractivity contribution in [3.8, 4) is 11.5 Å². The Kier molecular flexibility index (Phi) is 5.90. The molecule has 170 valence electrons. The number of anilines is 2. The van der Waals surface area contributed by atoms with Gasteiger partial charge in [0.1, 0.15) is 6.33 Å². The van der Waals surface area contributed by atoms with Crippen LogP contribution in [0, 0.1) is 10.1 Å². The van der Waals surface area contributed by atoms with Gasteiger partial charge in [-0.2, -0.15) is 0 Å². The molecule has 33 heavy (non-hydrogen) atoms. The maximum atomic E-state index is 11.9. The molecular weight excluding hydrogens is 424 g/mol. The van der Waals surface area contributed by atoms with Crippen LogP contribution < -0.4 is 19.7 Å². The highest BCUT2D eigenvalue weighted by atomic mass is 16.7. The van der Waals surface area contributed by atoms with Crippen LogP contribution in [0.4, 0.5) is 17.3 Å². The quantitative estimate of drug-likeness (QED) is 0.431. The van der Waals surface area contributed by atoms with E-state index in [4.69, 9.17) is 9.47 Å². The molecule has 2 aliphatic rings. The molecule has 2 aromatic carbocycles. The minimum Gasteiger partial charge on any atom is -0.454 e. The van der Waals surface area contributed by atoms with E-state index in [0.717, 1.165) is 42.3 Å². The molecule has 0 aliphatic carbocycles. The first-order valence-corrected chi connectivity index (χ1v) is 10.8. The molecule has 2 aliphatic heterocycles. The molecule has 0 radical (unpaired) electrons. The third kappa shape index (κ3) is 4.65. The van der Waals surface area contributed by atoms with E-state index in [-0.39, 0.29) is 18.3 Å². The lowest BCUT2D eigenvalue weighted by molar-refractivity contribution is -0.383. The third-order valence-electron chi connectivity index (χ3n) is 5.80. The molecule has 5 rings (SSSR count). The Morgan fingerprint density at radius 1 is 0.970 bits per heavy atom. The van der Waals surface area contributed by atoms with Crippen LogP contribution in [-0.2, 0) is 13.1 Å². The Hall–Kier alpha value is -3.92. The molecule has 0 unspecified atom stereocenters. The van der Waals surface area contributed by atoms with E-state index in [2.05, 4.69) is 20.2 Å². The Labute approximate surface area is 190 Å².